The maximum atomic E-state index is 12.5. The first-order valence-corrected chi connectivity index (χ1v) is 9.64. The summed E-state index contributed by atoms with van der Waals surface area (Å²) in [5.74, 6) is -0.249. The molecule has 4 aromatic rings. The first-order chi connectivity index (χ1) is 14.6. The van der Waals surface area contributed by atoms with Crippen LogP contribution in [-0.2, 0) is 11.3 Å². The van der Waals surface area contributed by atoms with Gasteiger partial charge in [-0.15, -0.1) is 5.10 Å². The van der Waals surface area contributed by atoms with Gasteiger partial charge >= 0.3 is 0 Å². The average molecular weight is 398 g/mol. The molecule has 0 aliphatic heterocycles. The summed E-state index contributed by atoms with van der Waals surface area (Å²) in [7, 11) is 0. The van der Waals surface area contributed by atoms with Gasteiger partial charge in [-0.25, -0.2) is 9.36 Å². The van der Waals surface area contributed by atoms with Gasteiger partial charge in [-0.2, -0.15) is 5.10 Å². The lowest BCUT2D eigenvalue weighted by molar-refractivity contribution is -0.111. The Balaban J connectivity index is 1.45. The molecule has 2 aromatic heterocycles. The second-order valence-corrected chi connectivity index (χ2v) is 7.01. The van der Waals surface area contributed by atoms with E-state index in [2.05, 4.69) is 20.7 Å². The number of aryl methyl sites for hydroxylation is 2. The first-order valence-electron chi connectivity index (χ1n) is 9.64. The molecule has 0 aliphatic carbocycles. The Kier molecular flexibility index (Phi) is 5.52. The SMILES string of the molecule is Cc1cc(C)n(-c2ccccc2NC(=O)/C=C/c2cn(Cc3ccccc3)nn2)n1. The molecular weight excluding hydrogens is 376 g/mol. The largest absolute Gasteiger partial charge is 0.321 e. The van der Waals surface area contributed by atoms with Crippen LogP contribution < -0.4 is 5.32 Å². The van der Waals surface area contributed by atoms with Gasteiger partial charge in [-0.05, 0) is 43.7 Å². The van der Waals surface area contributed by atoms with Crippen molar-refractivity contribution < 1.29 is 4.79 Å². The smallest absolute Gasteiger partial charge is 0.248 e. The van der Waals surface area contributed by atoms with Crippen molar-refractivity contribution in [2.24, 2.45) is 0 Å². The molecule has 1 N–H and O–H groups in total. The monoisotopic (exact) mass is 398 g/mol. The number of para-hydroxylation sites is 2. The standard InChI is InChI=1S/C23H22N6O/c1-17-14-18(2)29(26-17)22-11-7-6-10-21(22)24-23(30)13-12-20-16-28(27-25-20)15-19-8-4-3-5-9-19/h3-14,16H,15H2,1-2H3,(H,24,30)/b13-12+. The number of carbonyl (C=O) groups is 1. The minimum Gasteiger partial charge on any atom is -0.321 e. The number of amides is 1. The van der Waals surface area contributed by atoms with E-state index in [1.54, 1.807) is 17.0 Å². The molecule has 150 valence electrons. The second kappa shape index (κ2) is 8.57. The predicted octanol–water partition coefficient (Wildman–Crippen LogP) is 3.78. The second-order valence-electron chi connectivity index (χ2n) is 7.01. The third-order valence-electron chi connectivity index (χ3n) is 4.55. The number of nitrogens with one attached hydrogen (secondary N) is 1. The number of benzene rings is 2. The molecule has 0 radical (unpaired) electrons. The van der Waals surface area contributed by atoms with Gasteiger partial charge in [0.2, 0.25) is 5.91 Å². The fourth-order valence-corrected chi connectivity index (χ4v) is 3.21. The molecule has 0 fully saturated rings. The third kappa shape index (κ3) is 4.52. The van der Waals surface area contributed by atoms with Gasteiger partial charge in [0, 0.05) is 11.8 Å². The van der Waals surface area contributed by atoms with Crippen LogP contribution in [0.15, 0.2) is 72.9 Å². The van der Waals surface area contributed by atoms with E-state index in [1.807, 2.05) is 79.2 Å². The highest BCUT2D eigenvalue weighted by atomic mass is 16.1. The summed E-state index contributed by atoms with van der Waals surface area (Å²) in [5, 5.41) is 15.6. The van der Waals surface area contributed by atoms with Crippen LogP contribution in [0.3, 0.4) is 0 Å². The Morgan fingerprint density at radius 2 is 1.83 bits per heavy atom. The van der Waals surface area contributed by atoms with Gasteiger partial charge in [-0.3, -0.25) is 4.79 Å². The highest BCUT2D eigenvalue weighted by molar-refractivity contribution is 6.02. The molecule has 0 saturated carbocycles. The summed E-state index contributed by atoms with van der Waals surface area (Å²) in [4.78, 5) is 12.5. The number of anilines is 1. The van der Waals surface area contributed by atoms with Crippen molar-refractivity contribution in [2.75, 3.05) is 5.32 Å². The zero-order valence-electron chi connectivity index (χ0n) is 16.9. The van der Waals surface area contributed by atoms with Crippen LogP contribution in [0.4, 0.5) is 5.69 Å². The van der Waals surface area contributed by atoms with Gasteiger partial charge in [0.15, 0.2) is 0 Å². The number of nitrogens with zero attached hydrogens (tertiary/aromatic N) is 5. The molecule has 0 unspecified atom stereocenters. The van der Waals surface area contributed by atoms with Crippen LogP contribution >= 0.6 is 0 Å². The Labute approximate surface area is 174 Å². The molecule has 0 bridgehead atoms. The van der Waals surface area contributed by atoms with Crippen molar-refractivity contribution >= 4 is 17.7 Å². The summed E-state index contributed by atoms with van der Waals surface area (Å²) in [5.41, 5.74) is 5.18. The first kappa shape index (κ1) is 19.3. The van der Waals surface area contributed by atoms with Crippen molar-refractivity contribution in [3.63, 3.8) is 0 Å². The van der Waals surface area contributed by atoms with E-state index in [1.165, 1.54) is 6.08 Å². The molecule has 2 heterocycles. The number of hydrogen-bond donors (Lipinski definition) is 1. The van der Waals surface area contributed by atoms with Crippen LogP contribution in [0.5, 0.6) is 0 Å². The van der Waals surface area contributed by atoms with Crippen LogP contribution in [-0.4, -0.2) is 30.7 Å². The summed E-state index contributed by atoms with van der Waals surface area (Å²) < 4.78 is 3.56. The van der Waals surface area contributed by atoms with Crippen molar-refractivity contribution in [3.8, 4) is 5.69 Å². The van der Waals surface area contributed by atoms with E-state index in [0.717, 1.165) is 22.6 Å². The maximum absolute atomic E-state index is 12.5. The minimum absolute atomic E-state index is 0.249. The molecule has 30 heavy (non-hydrogen) atoms. The van der Waals surface area contributed by atoms with Crippen molar-refractivity contribution in [1.82, 2.24) is 24.8 Å². The van der Waals surface area contributed by atoms with Crippen molar-refractivity contribution in [2.45, 2.75) is 20.4 Å². The van der Waals surface area contributed by atoms with E-state index in [4.69, 9.17) is 0 Å². The van der Waals surface area contributed by atoms with Crippen molar-refractivity contribution in [3.05, 3.63) is 95.6 Å². The lowest BCUT2D eigenvalue weighted by Gasteiger charge is -2.11. The van der Waals surface area contributed by atoms with Gasteiger partial charge in [-0.1, -0.05) is 47.7 Å². The molecule has 1 amide bonds. The lowest BCUT2D eigenvalue weighted by atomic mass is 10.2. The topological polar surface area (TPSA) is 77.6 Å². The van der Waals surface area contributed by atoms with Crippen LogP contribution in [0.1, 0.15) is 22.6 Å². The Morgan fingerprint density at radius 1 is 1.07 bits per heavy atom. The number of aromatic nitrogens is 5. The fourth-order valence-electron chi connectivity index (χ4n) is 3.21. The fraction of sp³-hybridized carbons (Fsp3) is 0.130. The van der Waals surface area contributed by atoms with Crippen LogP contribution in [0, 0.1) is 13.8 Å². The highest BCUT2D eigenvalue weighted by Gasteiger charge is 2.10. The van der Waals surface area contributed by atoms with Gasteiger partial charge in [0.25, 0.3) is 0 Å². The molecule has 4 rings (SSSR count). The number of hydrogen-bond acceptors (Lipinski definition) is 4. The molecule has 7 nitrogen and oxygen atoms in total. The predicted molar refractivity (Wildman–Crippen MR) is 116 cm³/mol. The highest BCUT2D eigenvalue weighted by Crippen LogP contribution is 2.21. The molecule has 2 aromatic carbocycles. The summed E-state index contributed by atoms with van der Waals surface area (Å²) in [6.45, 7) is 4.56. The minimum atomic E-state index is -0.249. The van der Waals surface area contributed by atoms with E-state index in [9.17, 15) is 4.79 Å². The zero-order valence-corrected chi connectivity index (χ0v) is 16.9. The normalized spacial score (nSPS) is 11.1. The average Bonchev–Trinajstić information content (AvgIpc) is 3.33. The van der Waals surface area contributed by atoms with E-state index in [0.29, 0.717) is 17.9 Å². The van der Waals surface area contributed by atoms with Crippen molar-refractivity contribution in [1.29, 1.82) is 0 Å². The molecular formula is C23H22N6O. The van der Waals surface area contributed by atoms with E-state index >= 15 is 0 Å². The molecule has 7 heteroatoms. The van der Waals surface area contributed by atoms with Gasteiger partial charge in [0.05, 0.1) is 29.8 Å². The Bertz CT molecular complexity index is 1190. The van der Waals surface area contributed by atoms with Gasteiger partial charge < -0.3 is 5.32 Å². The van der Waals surface area contributed by atoms with Crippen LogP contribution in [0.25, 0.3) is 11.8 Å². The maximum Gasteiger partial charge on any atom is 0.248 e. The quantitative estimate of drug-likeness (QED) is 0.502. The number of carbonyl (C=O) groups excluding carboxylic acids is 1. The Morgan fingerprint density at radius 3 is 2.60 bits per heavy atom. The third-order valence-corrected chi connectivity index (χ3v) is 4.55. The summed E-state index contributed by atoms with van der Waals surface area (Å²) in [6, 6.07) is 19.6. The summed E-state index contributed by atoms with van der Waals surface area (Å²) >= 11 is 0. The molecule has 0 spiro atoms. The van der Waals surface area contributed by atoms with E-state index < -0.39 is 0 Å². The van der Waals surface area contributed by atoms with Crippen LogP contribution in [0.2, 0.25) is 0 Å². The molecule has 0 atom stereocenters. The summed E-state index contributed by atoms with van der Waals surface area (Å²) in [6.07, 6.45) is 4.91. The molecule has 0 saturated heterocycles. The lowest BCUT2D eigenvalue weighted by Crippen LogP contribution is -2.11. The number of rotatable bonds is 6. The van der Waals surface area contributed by atoms with E-state index in [-0.39, 0.29) is 5.91 Å². The van der Waals surface area contributed by atoms with Gasteiger partial charge in [0.1, 0.15) is 5.69 Å². The Hall–Kier alpha value is -4.00. The zero-order chi connectivity index (χ0) is 20.9. The molecule has 0 aliphatic rings.